The lowest BCUT2D eigenvalue weighted by atomic mass is 10.1. The van der Waals surface area contributed by atoms with E-state index in [1.54, 1.807) is 36.1 Å². The number of hydrogen-bond donors (Lipinski definition) is 1. The maximum atomic E-state index is 12.5. The van der Waals surface area contributed by atoms with Crippen molar-refractivity contribution in [3.8, 4) is 0 Å². The fourth-order valence-electron chi connectivity index (χ4n) is 3.08. The van der Waals surface area contributed by atoms with E-state index in [0.29, 0.717) is 24.4 Å². The second-order valence-electron chi connectivity index (χ2n) is 6.53. The zero-order valence-corrected chi connectivity index (χ0v) is 15.4. The van der Waals surface area contributed by atoms with E-state index in [4.69, 9.17) is 4.74 Å². The number of aryl methyl sites for hydroxylation is 1. The Morgan fingerprint density at radius 2 is 1.93 bits per heavy atom. The summed E-state index contributed by atoms with van der Waals surface area (Å²) in [6.45, 7) is 4.38. The Morgan fingerprint density at radius 1 is 1.19 bits per heavy atom. The molecule has 1 aliphatic heterocycles. The number of amides is 2. The quantitative estimate of drug-likeness (QED) is 0.825. The summed E-state index contributed by atoms with van der Waals surface area (Å²) in [6.07, 6.45) is 0.181. The summed E-state index contributed by atoms with van der Waals surface area (Å²) in [5.74, 6) is -1.07. The van der Waals surface area contributed by atoms with Crippen molar-refractivity contribution in [2.75, 3.05) is 23.4 Å². The van der Waals surface area contributed by atoms with Crippen LogP contribution in [0.2, 0.25) is 0 Å². The molecule has 140 valence electrons. The lowest BCUT2D eigenvalue weighted by Gasteiger charge is -2.17. The van der Waals surface area contributed by atoms with E-state index in [2.05, 4.69) is 5.32 Å². The van der Waals surface area contributed by atoms with Gasteiger partial charge in [-0.3, -0.25) is 9.59 Å². The van der Waals surface area contributed by atoms with E-state index in [9.17, 15) is 14.4 Å². The molecule has 2 aromatic rings. The van der Waals surface area contributed by atoms with Crippen LogP contribution < -0.4 is 10.2 Å². The van der Waals surface area contributed by atoms with Gasteiger partial charge in [-0.25, -0.2) is 4.79 Å². The molecule has 0 aromatic heterocycles. The predicted molar refractivity (Wildman–Crippen MR) is 103 cm³/mol. The molecule has 0 radical (unpaired) electrons. The van der Waals surface area contributed by atoms with Crippen molar-refractivity contribution in [1.29, 1.82) is 0 Å². The molecule has 1 atom stereocenters. The topological polar surface area (TPSA) is 75.7 Å². The number of benzene rings is 2. The average molecular weight is 366 g/mol. The Morgan fingerprint density at radius 3 is 2.59 bits per heavy atom. The highest BCUT2D eigenvalue weighted by molar-refractivity contribution is 6.03. The molecule has 1 fully saturated rings. The van der Waals surface area contributed by atoms with Gasteiger partial charge in [-0.15, -0.1) is 0 Å². The Bertz CT molecular complexity index is 861. The average Bonchev–Trinajstić information content (AvgIpc) is 3.04. The molecular formula is C21H22N2O4. The van der Waals surface area contributed by atoms with Crippen LogP contribution in [0.4, 0.5) is 11.4 Å². The normalized spacial score (nSPS) is 16.3. The van der Waals surface area contributed by atoms with Crippen LogP contribution in [0.3, 0.4) is 0 Å². The molecule has 0 unspecified atom stereocenters. The largest absolute Gasteiger partial charge is 0.462 e. The van der Waals surface area contributed by atoms with Crippen LogP contribution in [0.15, 0.2) is 48.5 Å². The second kappa shape index (κ2) is 8.03. The van der Waals surface area contributed by atoms with Crippen molar-refractivity contribution >= 4 is 29.2 Å². The maximum Gasteiger partial charge on any atom is 0.338 e. The van der Waals surface area contributed by atoms with Crippen LogP contribution in [-0.4, -0.2) is 30.9 Å². The summed E-state index contributed by atoms with van der Waals surface area (Å²) in [7, 11) is 0. The SMILES string of the molecule is CCOC(=O)c1ccc(NC(=O)[C@@H]2CC(=O)N(c3cccc(C)c3)C2)cc1. The van der Waals surface area contributed by atoms with Crippen LogP contribution in [0.5, 0.6) is 0 Å². The summed E-state index contributed by atoms with van der Waals surface area (Å²) in [4.78, 5) is 38.2. The predicted octanol–water partition coefficient (Wildman–Crippen LogP) is 3.16. The van der Waals surface area contributed by atoms with Crippen molar-refractivity contribution in [2.24, 2.45) is 5.92 Å². The fraction of sp³-hybridized carbons (Fsp3) is 0.286. The van der Waals surface area contributed by atoms with Crippen molar-refractivity contribution in [3.05, 3.63) is 59.7 Å². The van der Waals surface area contributed by atoms with Crippen LogP contribution in [0.25, 0.3) is 0 Å². The number of anilines is 2. The van der Waals surface area contributed by atoms with E-state index >= 15 is 0 Å². The first kappa shape index (κ1) is 18.6. The first-order valence-electron chi connectivity index (χ1n) is 8.93. The number of ether oxygens (including phenoxy) is 1. The third kappa shape index (κ3) is 4.34. The molecule has 0 spiro atoms. The fourth-order valence-corrected chi connectivity index (χ4v) is 3.08. The molecule has 6 heteroatoms. The molecule has 6 nitrogen and oxygen atoms in total. The lowest BCUT2D eigenvalue weighted by molar-refractivity contribution is -0.122. The second-order valence-corrected chi connectivity index (χ2v) is 6.53. The highest BCUT2D eigenvalue weighted by atomic mass is 16.5. The summed E-state index contributed by atoms with van der Waals surface area (Å²) >= 11 is 0. The van der Waals surface area contributed by atoms with E-state index in [1.807, 2.05) is 31.2 Å². The van der Waals surface area contributed by atoms with Crippen molar-refractivity contribution in [2.45, 2.75) is 20.3 Å². The van der Waals surface area contributed by atoms with Gasteiger partial charge < -0.3 is 15.0 Å². The molecule has 1 saturated heterocycles. The van der Waals surface area contributed by atoms with Crippen LogP contribution in [-0.2, 0) is 14.3 Å². The Balaban J connectivity index is 1.63. The summed E-state index contributed by atoms with van der Waals surface area (Å²) in [6, 6.07) is 14.2. The number of esters is 1. The smallest absolute Gasteiger partial charge is 0.338 e. The lowest BCUT2D eigenvalue weighted by Crippen LogP contribution is -2.28. The molecule has 2 amide bonds. The van der Waals surface area contributed by atoms with Gasteiger partial charge in [0.1, 0.15) is 0 Å². The number of nitrogens with zero attached hydrogens (tertiary/aromatic N) is 1. The summed E-state index contributed by atoms with van der Waals surface area (Å²) < 4.78 is 4.93. The van der Waals surface area contributed by atoms with Gasteiger partial charge in [0, 0.05) is 24.3 Å². The van der Waals surface area contributed by atoms with Gasteiger partial charge in [-0.1, -0.05) is 12.1 Å². The first-order chi connectivity index (χ1) is 13.0. The van der Waals surface area contributed by atoms with Gasteiger partial charge in [-0.2, -0.15) is 0 Å². The number of carbonyl (C=O) groups excluding carboxylic acids is 3. The first-order valence-corrected chi connectivity index (χ1v) is 8.93. The van der Waals surface area contributed by atoms with Crippen LogP contribution in [0, 0.1) is 12.8 Å². The summed E-state index contributed by atoms with van der Waals surface area (Å²) in [5.41, 5.74) is 2.88. The Labute approximate surface area is 158 Å². The van der Waals surface area contributed by atoms with E-state index in [1.165, 1.54) is 0 Å². The van der Waals surface area contributed by atoms with Gasteiger partial charge >= 0.3 is 5.97 Å². The molecular weight excluding hydrogens is 344 g/mol. The van der Waals surface area contributed by atoms with Crippen molar-refractivity contribution in [3.63, 3.8) is 0 Å². The molecule has 0 saturated carbocycles. The standard InChI is InChI=1S/C21H22N2O4/c1-3-27-21(26)15-7-9-17(10-8-15)22-20(25)16-12-19(24)23(13-16)18-6-4-5-14(2)11-18/h4-11,16H,3,12-13H2,1-2H3,(H,22,25)/t16-/m1/s1. The van der Waals surface area contributed by atoms with Crippen LogP contribution in [0.1, 0.15) is 29.3 Å². The third-order valence-corrected chi connectivity index (χ3v) is 4.47. The molecule has 1 N–H and O–H groups in total. The molecule has 0 bridgehead atoms. The highest BCUT2D eigenvalue weighted by Gasteiger charge is 2.35. The van der Waals surface area contributed by atoms with Gasteiger partial charge in [-0.05, 0) is 55.8 Å². The molecule has 1 aliphatic rings. The molecule has 1 heterocycles. The van der Waals surface area contributed by atoms with Gasteiger partial charge in [0.25, 0.3) is 0 Å². The molecule has 3 rings (SSSR count). The Kier molecular flexibility index (Phi) is 5.54. The van der Waals surface area contributed by atoms with E-state index in [-0.39, 0.29) is 18.2 Å². The van der Waals surface area contributed by atoms with Gasteiger partial charge in [0.15, 0.2) is 0 Å². The minimum absolute atomic E-state index is 0.0570. The van der Waals surface area contributed by atoms with Gasteiger partial charge in [0.05, 0.1) is 18.1 Å². The van der Waals surface area contributed by atoms with Crippen molar-refractivity contribution in [1.82, 2.24) is 0 Å². The minimum Gasteiger partial charge on any atom is -0.462 e. The van der Waals surface area contributed by atoms with Gasteiger partial charge in [0.2, 0.25) is 11.8 Å². The highest BCUT2D eigenvalue weighted by Crippen LogP contribution is 2.26. The maximum absolute atomic E-state index is 12.5. The third-order valence-electron chi connectivity index (χ3n) is 4.47. The molecule has 0 aliphatic carbocycles. The van der Waals surface area contributed by atoms with E-state index < -0.39 is 11.9 Å². The number of rotatable bonds is 5. The van der Waals surface area contributed by atoms with Crippen molar-refractivity contribution < 1.29 is 19.1 Å². The Hall–Kier alpha value is -3.15. The number of hydrogen-bond acceptors (Lipinski definition) is 4. The van der Waals surface area contributed by atoms with E-state index in [0.717, 1.165) is 11.3 Å². The number of carbonyl (C=O) groups is 3. The van der Waals surface area contributed by atoms with Crippen LogP contribution >= 0.6 is 0 Å². The molecule has 27 heavy (non-hydrogen) atoms. The zero-order chi connectivity index (χ0) is 19.4. The minimum atomic E-state index is -0.414. The zero-order valence-electron chi connectivity index (χ0n) is 15.4. The molecule has 2 aromatic carbocycles. The summed E-state index contributed by atoms with van der Waals surface area (Å²) in [5, 5.41) is 2.82. The number of nitrogens with one attached hydrogen (secondary N) is 1. The monoisotopic (exact) mass is 366 g/mol.